The molecule has 1 aromatic carbocycles. The fourth-order valence-corrected chi connectivity index (χ4v) is 2.53. The van der Waals surface area contributed by atoms with Gasteiger partial charge >= 0.3 is 0 Å². The first kappa shape index (κ1) is 16.9. The molecule has 0 aliphatic heterocycles. The maximum atomic E-state index is 12.9. The average Bonchev–Trinajstić information content (AvgIpc) is 2.46. The van der Waals surface area contributed by atoms with Gasteiger partial charge in [0, 0.05) is 18.6 Å². The molecule has 0 aromatic heterocycles. The van der Waals surface area contributed by atoms with Crippen molar-refractivity contribution in [3.63, 3.8) is 0 Å². The van der Waals surface area contributed by atoms with Crippen molar-refractivity contribution in [1.82, 2.24) is 10.2 Å². The van der Waals surface area contributed by atoms with Crippen molar-refractivity contribution in [2.75, 3.05) is 0 Å². The van der Waals surface area contributed by atoms with Crippen LogP contribution in [0.5, 0.6) is 0 Å². The zero-order valence-electron chi connectivity index (χ0n) is 12.8. The van der Waals surface area contributed by atoms with Gasteiger partial charge in [-0.25, -0.2) is 4.39 Å². The second kappa shape index (κ2) is 8.20. The van der Waals surface area contributed by atoms with Crippen molar-refractivity contribution in [2.45, 2.75) is 59.2 Å². The lowest BCUT2D eigenvalue weighted by Crippen LogP contribution is -2.49. The summed E-state index contributed by atoms with van der Waals surface area (Å²) < 4.78 is 12.9. The van der Waals surface area contributed by atoms with Gasteiger partial charge in [0.05, 0.1) is 0 Å². The Labute approximate surface area is 127 Å². The molecule has 20 heavy (non-hydrogen) atoms. The number of thiocarbonyl (C=S) groups is 1. The Morgan fingerprint density at radius 3 is 2.10 bits per heavy atom. The van der Waals surface area contributed by atoms with Crippen LogP contribution in [0.15, 0.2) is 24.3 Å². The third-order valence-corrected chi connectivity index (χ3v) is 4.08. The average molecular weight is 296 g/mol. The minimum Gasteiger partial charge on any atom is -0.358 e. The van der Waals surface area contributed by atoms with Crippen molar-refractivity contribution < 1.29 is 4.39 Å². The van der Waals surface area contributed by atoms with Crippen LogP contribution in [0.2, 0.25) is 0 Å². The third kappa shape index (κ3) is 4.75. The number of benzene rings is 1. The van der Waals surface area contributed by atoms with Crippen LogP contribution in [0, 0.1) is 5.82 Å². The first-order valence-corrected chi connectivity index (χ1v) is 7.71. The van der Waals surface area contributed by atoms with E-state index in [-0.39, 0.29) is 5.82 Å². The Morgan fingerprint density at radius 1 is 1.15 bits per heavy atom. The van der Waals surface area contributed by atoms with E-state index in [9.17, 15) is 4.39 Å². The van der Waals surface area contributed by atoms with E-state index < -0.39 is 0 Å². The van der Waals surface area contributed by atoms with Crippen LogP contribution >= 0.6 is 12.2 Å². The molecule has 0 spiro atoms. The van der Waals surface area contributed by atoms with Crippen LogP contribution in [0.1, 0.15) is 46.1 Å². The summed E-state index contributed by atoms with van der Waals surface area (Å²) in [4.78, 5) is 2.26. The van der Waals surface area contributed by atoms with Gasteiger partial charge in [0.1, 0.15) is 5.82 Å². The lowest BCUT2D eigenvalue weighted by molar-refractivity contribution is 0.247. The van der Waals surface area contributed by atoms with Crippen LogP contribution in [0.4, 0.5) is 4.39 Å². The summed E-state index contributed by atoms with van der Waals surface area (Å²) in [7, 11) is 0. The molecule has 1 aromatic rings. The van der Waals surface area contributed by atoms with E-state index in [1.807, 2.05) is 0 Å². The lowest BCUT2D eigenvalue weighted by atomic mass is 10.1. The number of hydrogen-bond acceptors (Lipinski definition) is 1. The van der Waals surface area contributed by atoms with Crippen LogP contribution < -0.4 is 5.32 Å². The molecule has 0 bridgehead atoms. The summed E-state index contributed by atoms with van der Waals surface area (Å²) in [5, 5.41) is 4.06. The molecule has 0 amide bonds. The van der Waals surface area contributed by atoms with Crippen molar-refractivity contribution in [1.29, 1.82) is 0 Å². The third-order valence-electron chi connectivity index (χ3n) is 3.72. The van der Waals surface area contributed by atoms with Gasteiger partial charge in [-0.2, -0.15) is 0 Å². The zero-order chi connectivity index (χ0) is 15.1. The highest BCUT2D eigenvalue weighted by Crippen LogP contribution is 2.12. The van der Waals surface area contributed by atoms with E-state index in [4.69, 9.17) is 12.2 Å². The molecule has 112 valence electrons. The van der Waals surface area contributed by atoms with Crippen molar-refractivity contribution in [2.24, 2.45) is 0 Å². The number of hydrogen-bond donors (Lipinski definition) is 1. The number of halogens is 1. The molecule has 2 atom stereocenters. The Bertz CT molecular complexity index is 409. The Kier molecular flexibility index (Phi) is 6.93. The molecular formula is C16H25FN2S. The summed E-state index contributed by atoms with van der Waals surface area (Å²) in [5.74, 6) is -0.211. The topological polar surface area (TPSA) is 15.3 Å². The molecular weight excluding hydrogens is 271 g/mol. The largest absolute Gasteiger partial charge is 0.358 e. The van der Waals surface area contributed by atoms with Crippen molar-refractivity contribution >= 4 is 17.3 Å². The van der Waals surface area contributed by atoms with E-state index in [0.717, 1.165) is 23.5 Å². The van der Waals surface area contributed by atoms with Gasteiger partial charge in [0.25, 0.3) is 0 Å². The normalized spacial score (nSPS) is 13.7. The minimum absolute atomic E-state index is 0.211. The summed E-state index contributed by atoms with van der Waals surface area (Å²) in [6.45, 7) is 9.35. The second-order valence-electron chi connectivity index (χ2n) is 5.21. The zero-order valence-corrected chi connectivity index (χ0v) is 13.6. The predicted octanol–water partition coefficient (Wildman–Crippen LogP) is 4.10. The quantitative estimate of drug-likeness (QED) is 0.796. The summed E-state index contributed by atoms with van der Waals surface area (Å²) in [5.41, 5.74) is 1.03. The number of rotatable bonds is 6. The van der Waals surface area contributed by atoms with Crippen LogP contribution in [-0.4, -0.2) is 22.1 Å². The SMILES string of the molecule is CCC(C)N(C(=S)NCc1ccc(F)cc1)C(C)CC. The maximum absolute atomic E-state index is 12.9. The number of nitrogens with zero attached hydrogens (tertiary/aromatic N) is 1. The molecule has 1 N–H and O–H groups in total. The first-order chi connectivity index (χ1) is 9.49. The highest BCUT2D eigenvalue weighted by atomic mass is 32.1. The maximum Gasteiger partial charge on any atom is 0.169 e. The van der Waals surface area contributed by atoms with Crippen molar-refractivity contribution in [3.05, 3.63) is 35.6 Å². The summed E-state index contributed by atoms with van der Waals surface area (Å²) >= 11 is 5.53. The van der Waals surface area contributed by atoms with E-state index in [0.29, 0.717) is 18.6 Å². The van der Waals surface area contributed by atoms with Crippen molar-refractivity contribution in [3.8, 4) is 0 Å². The Hall–Kier alpha value is -1.16. The predicted molar refractivity (Wildman–Crippen MR) is 87.2 cm³/mol. The molecule has 1 rings (SSSR count). The van der Waals surface area contributed by atoms with E-state index in [1.54, 1.807) is 12.1 Å². The van der Waals surface area contributed by atoms with Crippen LogP contribution in [-0.2, 0) is 6.54 Å². The number of nitrogens with one attached hydrogen (secondary N) is 1. The van der Waals surface area contributed by atoms with E-state index in [1.165, 1.54) is 12.1 Å². The minimum atomic E-state index is -0.211. The Morgan fingerprint density at radius 2 is 1.65 bits per heavy atom. The lowest BCUT2D eigenvalue weighted by Gasteiger charge is -2.36. The molecule has 0 radical (unpaired) electrons. The van der Waals surface area contributed by atoms with Gasteiger partial charge in [0.15, 0.2) is 5.11 Å². The fraction of sp³-hybridized carbons (Fsp3) is 0.562. The fourth-order valence-electron chi connectivity index (χ4n) is 2.10. The van der Waals surface area contributed by atoms with E-state index >= 15 is 0 Å². The van der Waals surface area contributed by atoms with Gasteiger partial charge in [-0.3, -0.25) is 0 Å². The molecule has 4 heteroatoms. The van der Waals surface area contributed by atoms with Gasteiger partial charge < -0.3 is 10.2 Å². The molecule has 2 nitrogen and oxygen atoms in total. The van der Waals surface area contributed by atoms with Gasteiger partial charge in [0.2, 0.25) is 0 Å². The van der Waals surface area contributed by atoms with Crippen LogP contribution in [0.25, 0.3) is 0 Å². The molecule has 0 saturated heterocycles. The smallest absolute Gasteiger partial charge is 0.169 e. The van der Waals surface area contributed by atoms with Gasteiger partial charge in [-0.15, -0.1) is 0 Å². The second-order valence-corrected chi connectivity index (χ2v) is 5.59. The monoisotopic (exact) mass is 296 g/mol. The molecule has 0 aliphatic carbocycles. The van der Waals surface area contributed by atoms with Gasteiger partial charge in [-0.05, 0) is 56.6 Å². The molecule has 0 saturated carbocycles. The first-order valence-electron chi connectivity index (χ1n) is 7.30. The molecule has 0 fully saturated rings. The van der Waals surface area contributed by atoms with Crippen LogP contribution in [0.3, 0.4) is 0 Å². The highest BCUT2D eigenvalue weighted by molar-refractivity contribution is 7.80. The summed E-state index contributed by atoms with van der Waals surface area (Å²) in [6.07, 6.45) is 2.12. The Balaban J connectivity index is 2.64. The summed E-state index contributed by atoms with van der Waals surface area (Å²) in [6, 6.07) is 7.34. The van der Waals surface area contributed by atoms with E-state index in [2.05, 4.69) is 37.9 Å². The molecule has 0 heterocycles. The van der Waals surface area contributed by atoms with Gasteiger partial charge in [-0.1, -0.05) is 26.0 Å². The molecule has 2 unspecified atom stereocenters. The highest BCUT2D eigenvalue weighted by Gasteiger charge is 2.20. The standard InChI is InChI=1S/C16H25FN2S/c1-5-12(3)19(13(4)6-2)16(20)18-11-14-7-9-15(17)10-8-14/h7-10,12-13H,5-6,11H2,1-4H3,(H,18,20). The molecule has 0 aliphatic rings.